The van der Waals surface area contributed by atoms with E-state index in [4.69, 9.17) is 10.7 Å². The van der Waals surface area contributed by atoms with Crippen molar-refractivity contribution in [3.63, 3.8) is 0 Å². The lowest BCUT2D eigenvalue weighted by Crippen LogP contribution is -2.31. The van der Waals surface area contributed by atoms with Crippen LogP contribution in [-0.4, -0.2) is 11.5 Å². The van der Waals surface area contributed by atoms with E-state index in [2.05, 4.69) is 32.0 Å². The Morgan fingerprint density at radius 3 is 2.68 bits per heavy atom. The number of benzene rings is 1. The third-order valence-corrected chi connectivity index (χ3v) is 5.78. The molecular formula is C16H22N2S. The van der Waals surface area contributed by atoms with E-state index < -0.39 is 0 Å². The highest BCUT2D eigenvalue weighted by atomic mass is 32.1. The van der Waals surface area contributed by atoms with Crippen LogP contribution in [0.15, 0.2) is 18.2 Å². The number of hydrogen-bond acceptors (Lipinski definition) is 3. The maximum absolute atomic E-state index is 6.09. The average molecular weight is 274 g/mol. The third-order valence-electron chi connectivity index (χ3n) is 4.46. The van der Waals surface area contributed by atoms with Crippen LogP contribution in [-0.2, 0) is 5.41 Å². The fraction of sp³-hybridized carbons (Fsp3) is 0.562. The molecule has 0 atom stereocenters. The van der Waals surface area contributed by atoms with E-state index >= 15 is 0 Å². The molecule has 0 aliphatic heterocycles. The SMILES string of the molecule is CC(C)c1nc2ccc(C3(CN)CCCC3)cc2s1. The van der Waals surface area contributed by atoms with Gasteiger partial charge in [-0.1, -0.05) is 32.8 Å². The van der Waals surface area contributed by atoms with Crippen LogP contribution in [0.2, 0.25) is 0 Å². The summed E-state index contributed by atoms with van der Waals surface area (Å²) in [5.41, 5.74) is 8.89. The van der Waals surface area contributed by atoms with Crippen LogP contribution in [0.4, 0.5) is 0 Å². The molecule has 0 amide bonds. The standard InChI is InChI=1S/C16H22N2S/c1-11(2)15-18-13-6-5-12(9-14(13)19-15)16(10-17)7-3-4-8-16/h5-6,9,11H,3-4,7-8,10,17H2,1-2H3. The molecule has 2 N–H and O–H groups in total. The van der Waals surface area contributed by atoms with Gasteiger partial charge in [0.05, 0.1) is 15.2 Å². The summed E-state index contributed by atoms with van der Waals surface area (Å²) in [6.07, 6.45) is 5.11. The summed E-state index contributed by atoms with van der Waals surface area (Å²) in [5.74, 6) is 0.510. The smallest absolute Gasteiger partial charge is 0.0963 e. The van der Waals surface area contributed by atoms with Crippen LogP contribution in [0.25, 0.3) is 10.2 Å². The van der Waals surface area contributed by atoms with E-state index in [9.17, 15) is 0 Å². The van der Waals surface area contributed by atoms with Gasteiger partial charge in [-0.05, 0) is 30.5 Å². The van der Waals surface area contributed by atoms with Crippen molar-refractivity contribution in [2.45, 2.75) is 50.9 Å². The summed E-state index contributed by atoms with van der Waals surface area (Å²) >= 11 is 1.84. The van der Waals surface area contributed by atoms with Crippen molar-refractivity contribution in [2.24, 2.45) is 5.73 Å². The molecule has 3 heteroatoms. The number of hydrogen-bond donors (Lipinski definition) is 1. The zero-order chi connectivity index (χ0) is 13.5. The van der Waals surface area contributed by atoms with Crippen molar-refractivity contribution >= 4 is 21.6 Å². The summed E-state index contributed by atoms with van der Waals surface area (Å²) in [5, 5.41) is 1.24. The van der Waals surface area contributed by atoms with Crippen molar-refractivity contribution < 1.29 is 0 Å². The van der Waals surface area contributed by atoms with Crippen LogP contribution in [0.3, 0.4) is 0 Å². The van der Waals surface area contributed by atoms with Crippen LogP contribution in [0, 0.1) is 0 Å². The van der Waals surface area contributed by atoms with Crippen LogP contribution < -0.4 is 5.73 Å². The fourth-order valence-electron chi connectivity index (χ4n) is 3.18. The van der Waals surface area contributed by atoms with Gasteiger partial charge in [-0.3, -0.25) is 0 Å². The van der Waals surface area contributed by atoms with Crippen LogP contribution >= 0.6 is 11.3 Å². The number of fused-ring (bicyclic) bond motifs is 1. The Balaban J connectivity index is 2.05. The lowest BCUT2D eigenvalue weighted by Gasteiger charge is -2.27. The Kier molecular flexibility index (Phi) is 3.35. The van der Waals surface area contributed by atoms with Gasteiger partial charge in [-0.15, -0.1) is 11.3 Å². The van der Waals surface area contributed by atoms with E-state index in [-0.39, 0.29) is 5.41 Å². The molecule has 3 rings (SSSR count). The molecule has 2 nitrogen and oxygen atoms in total. The second kappa shape index (κ2) is 4.88. The van der Waals surface area contributed by atoms with Gasteiger partial charge in [0.1, 0.15) is 0 Å². The minimum Gasteiger partial charge on any atom is -0.330 e. The van der Waals surface area contributed by atoms with Crippen LogP contribution in [0.5, 0.6) is 0 Å². The van der Waals surface area contributed by atoms with Crippen molar-refractivity contribution in [3.8, 4) is 0 Å². The first-order chi connectivity index (χ1) is 9.14. The highest BCUT2D eigenvalue weighted by Gasteiger charge is 2.34. The van der Waals surface area contributed by atoms with Gasteiger partial charge in [0.25, 0.3) is 0 Å². The molecule has 1 saturated carbocycles. The first-order valence-corrected chi connectivity index (χ1v) is 8.07. The number of thiazole rings is 1. The van der Waals surface area contributed by atoms with Gasteiger partial charge in [0, 0.05) is 17.9 Å². The number of rotatable bonds is 3. The Hall–Kier alpha value is -0.930. The molecule has 0 saturated heterocycles. The van der Waals surface area contributed by atoms with Crippen molar-refractivity contribution in [2.75, 3.05) is 6.54 Å². The van der Waals surface area contributed by atoms with Crippen molar-refractivity contribution in [1.29, 1.82) is 0 Å². The molecule has 2 aromatic rings. The van der Waals surface area contributed by atoms with E-state index in [0.717, 1.165) is 12.1 Å². The molecule has 0 spiro atoms. The van der Waals surface area contributed by atoms with Gasteiger partial charge in [0.2, 0.25) is 0 Å². The number of aromatic nitrogens is 1. The molecule has 1 fully saturated rings. The molecule has 0 bridgehead atoms. The molecule has 1 aliphatic rings. The molecule has 0 unspecified atom stereocenters. The highest BCUT2D eigenvalue weighted by Crippen LogP contribution is 2.41. The molecule has 1 aromatic carbocycles. The monoisotopic (exact) mass is 274 g/mol. The minimum absolute atomic E-state index is 0.232. The van der Waals surface area contributed by atoms with E-state index in [1.165, 1.54) is 41.0 Å². The second-order valence-corrected chi connectivity index (χ2v) is 7.14. The minimum atomic E-state index is 0.232. The lowest BCUT2D eigenvalue weighted by molar-refractivity contribution is 0.453. The van der Waals surface area contributed by atoms with Crippen LogP contribution in [0.1, 0.15) is 56.0 Å². The van der Waals surface area contributed by atoms with Crippen molar-refractivity contribution in [1.82, 2.24) is 4.98 Å². The number of nitrogens with two attached hydrogens (primary N) is 1. The van der Waals surface area contributed by atoms with Gasteiger partial charge in [-0.25, -0.2) is 4.98 Å². The maximum atomic E-state index is 6.09. The molecule has 1 aromatic heterocycles. The fourth-order valence-corrected chi connectivity index (χ4v) is 4.19. The number of nitrogens with zero attached hydrogens (tertiary/aromatic N) is 1. The first-order valence-electron chi connectivity index (χ1n) is 7.26. The molecule has 102 valence electrons. The van der Waals surface area contributed by atoms with Gasteiger partial charge >= 0.3 is 0 Å². The summed E-state index contributed by atoms with van der Waals surface area (Å²) in [4.78, 5) is 4.72. The van der Waals surface area contributed by atoms with Gasteiger partial charge in [0.15, 0.2) is 0 Å². The predicted octanol–water partition coefficient (Wildman–Crippen LogP) is 4.19. The Morgan fingerprint density at radius 1 is 1.32 bits per heavy atom. The van der Waals surface area contributed by atoms with Gasteiger partial charge < -0.3 is 5.73 Å². The topological polar surface area (TPSA) is 38.9 Å². The zero-order valence-corrected chi connectivity index (χ0v) is 12.6. The maximum Gasteiger partial charge on any atom is 0.0963 e. The zero-order valence-electron chi connectivity index (χ0n) is 11.8. The second-order valence-electron chi connectivity index (χ2n) is 6.08. The summed E-state index contributed by atoms with van der Waals surface area (Å²) in [6, 6.07) is 6.78. The molecular weight excluding hydrogens is 252 g/mol. The summed E-state index contributed by atoms with van der Waals surface area (Å²) in [6.45, 7) is 5.18. The highest BCUT2D eigenvalue weighted by molar-refractivity contribution is 7.18. The third kappa shape index (κ3) is 2.19. The van der Waals surface area contributed by atoms with Gasteiger partial charge in [-0.2, -0.15) is 0 Å². The van der Waals surface area contributed by atoms with E-state index in [0.29, 0.717) is 5.92 Å². The largest absolute Gasteiger partial charge is 0.330 e. The first kappa shape index (κ1) is 13.1. The lowest BCUT2D eigenvalue weighted by atomic mass is 9.79. The molecule has 1 aliphatic carbocycles. The van der Waals surface area contributed by atoms with E-state index in [1.54, 1.807) is 0 Å². The molecule has 0 radical (unpaired) electrons. The summed E-state index contributed by atoms with van der Waals surface area (Å²) < 4.78 is 1.32. The summed E-state index contributed by atoms with van der Waals surface area (Å²) in [7, 11) is 0. The molecule has 19 heavy (non-hydrogen) atoms. The normalized spacial score (nSPS) is 18.5. The molecule has 1 heterocycles. The van der Waals surface area contributed by atoms with Crippen molar-refractivity contribution in [3.05, 3.63) is 28.8 Å². The Labute approximate surface area is 119 Å². The predicted molar refractivity (Wildman–Crippen MR) is 82.9 cm³/mol. The quantitative estimate of drug-likeness (QED) is 0.911. The average Bonchev–Trinajstić information content (AvgIpc) is 3.05. The Morgan fingerprint density at radius 2 is 2.05 bits per heavy atom. The van der Waals surface area contributed by atoms with E-state index in [1.807, 2.05) is 11.3 Å². The Bertz CT molecular complexity index is 579.